The van der Waals surface area contributed by atoms with Gasteiger partial charge in [0.25, 0.3) is 5.91 Å². The highest BCUT2D eigenvalue weighted by Crippen LogP contribution is 2.27. The van der Waals surface area contributed by atoms with Crippen LogP contribution in [0.15, 0.2) is 36.4 Å². The lowest BCUT2D eigenvalue weighted by Crippen LogP contribution is -2.25. The minimum absolute atomic E-state index is 0.0476. The highest BCUT2D eigenvalue weighted by atomic mass is 35.5. The maximum absolute atomic E-state index is 12.0. The number of hydrogen-bond acceptors (Lipinski definition) is 4. The van der Waals surface area contributed by atoms with Crippen LogP contribution >= 0.6 is 11.6 Å². The van der Waals surface area contributed by atoms with Crippen molar-refractivity contribution >= 4 is 17.5 Å². The molecule has 6 heteroatoms. The largest absolute Gasteiger partial charge is 0.506 e. The summed E-state index contributed by atoms with van der Waals surface area (Å²) in [6, 6.07) is 9.98. The molecule has 0 heterocycles. The SMILES string of the molecule is COc1ccc(CCNC(=O)c2ccc(O)c(Cl)c2)cc1OC. The number of halogens is 1. The number of phenolic OH excluding ortho intramolecular Hbond substituents is 1. The number of ether oxygens (including phenoxy) is 2. The molecule has 5 nitrogen and oxygen atoms in total. The Kier molecular flexibility index (Phi) is 5.71. The monoisotopic (exact) mass is 335 g/mol. The van der Waals surface area contributed by atoms with Crippen LogP contribution in [0, 0.1) is 0 Å². The van der Waals surface area contributed by atoms with Crippen molar-refractivity contribution in [3.05, 3.63) is 52.5 Å². The standard InChI is InChI=1S/C17H18ClNO4/c1-22-15-6-3-11(9-16(15)23-2)7-8-19-17(21)12-4-5-14(20)13(18)10-12/h3-6,9-10,20H,7-8H2,1-2H3,(H,19,21). The van der Waals surface area contributed by atoms with Gasteiger partial charge < -0.3 is 19.9 Å². The molecule has 0 bridgehead atoms. The number of carbonyl (C=O) groups is 1. The highest BCUT2D eigenvalue weighted by molar-refractivity contribution is 6.32. The average Bonchev–Trinajstić information content (AvgIpc) is 2.57. The lowest BCUT2D eigenvalue weighted by Gasteiger charge is -2.10. The quantitative estimate of drug-likeness (QED) is 0.851. The Morgan fingerprint density at radius 3 is 2.52 bits per heavy atom. The van der Waals surface area contributed by atoms with Crippen LogP contribution in [0.4, 0.5) is 0 Å². The number of amides is 1. The molecule has 0 fully saturated rings. The number of benzene rings is 2. The minimum Gasteiger partial charge on any atom is -0.506 e. The zero-order chi connectivity index (χ0) is 16.8. The molecule has 0 saturated heterocycles. The molecule has 2 N–H and O–H groups in total. The first kappa shape index (κ1) is 17.0. The van der Waals surface area contributed by atoms with E-state index < -0.39 is 0 Å². The summed E-state index contributed by atoms with van der Waals surface area (Å²) >= 11 is 5.79. The third-order valence-electron chi connectivity index (χ3n) is 3.36. The van der Waals surface area contributed by atoms with Gasteiger partial charge in [0, 0.05) is 12.1 Å². The van der Waals surface area contributed by atoms with Gasteiger partial charge in [0.2, 0.25) is 0 Å². The van der Waals surface area contributed by atoms with E-state index in [1.807, 2.05) is 18.2 Å². The van der Waals surface area contributed by atoms with Crippen LogP contribution in [0.2, 0.25) is 5.02 Å². The van der Waals surface area contributed by atoms with Gasteiger partial charge in [-0.3, -0.25) is 4.79 Å². The van der Waals surface area contributed by atoms with Crippen LogP contribution in [0.25, 0.3) is 0 Å². The van der Waals surface area contributed by atoms with E-state index in [1.54, 1.807) is 14.2 Å². The topological polar surface area (TPSA) is 67.8 Å². The first-order valence-electron chi connectivity index (χ1n) is 7.02. The van der Waals surface area contributed by atoms with Crippen LogP contribution in [-0.2, 0) is 6.42 Å². The summed E-state index contributed by atoms with van der Waals surface area (Å²) in [5, 5.41) is 12.3. The summed E-state index contributed by atoms with van der Waals surface area (Å²) in [5.74, 6) is 1.03. The first-order chi connectivity index (χ1) is 11.0. The fourth-order valence-electron chi connectivity index (χ4n) is 2.11. The van der Waals surface area contributed by atoms with E-state index in [-0.39, 0.29) is 16.7 Å². The Morgan fingerprint density at radius 1 is 1.13 bits per heavy atom. The summed E-state index contributed by atoms with van der Waals surface area (Å²) in [7, 11) is 3.17. The van der Waals surface area contributed by atoms with Gasteiger partial charge in [-0.15, -0.1) is 0 Å². The lowest BCUT2D eigenvalue weighted by molar-refractivity contribution is 0.0954. The Morgan fingerprint density at radius 2 is 1.87 bits per heavy atom. The van der Waals surface area contributed by atoms with Crippen molar-refractivity contribution in [2.24, 2.45) is 0 Å². The molecule has 0 spiro atoms. The highest BCUT2D eigenvalue weighted by Gasteiger charge is 2.09. The molecule has 2 aromatic rings. The lowest BCUT2D eigenvalue weighted by atomic mass is 10.1. The number of carbonyl (C=O) groups excluding carboxylic acids is 1. The molecule has 1 amide bonds. The van der Waals surface area contributed by atoms with Gasteiger partial charge in [0.15, 0.2) is 11.5 Å². The van der Waals surface area contributed by atoms with Crippen LogP contribution in [0.1, 0.15) is 15.9 Å². The summed E-state index contributed by atoms with van der Waals surface area (Å²) in [4.78, 5) is 12.0. The molecule has 23 heavy (non-hydrogen) atoms. The third-order valence-corrected chi connectivity index (χ3v) is 3.66. The van der Waals surface area contributed by atoms with Crippen molar-refractivity contribution in [3.63, 3.8) is 0 Å². The Labute approximate surface area is 139 Å². The molecule has 0 aliphatic rings. The number of methoxy groups -OCH3 is 2. The van der Waals surface area contributed by atoms with Crippen molar-refractivity contribution in [3.8, 4) is 17.2 Å². The molecule has 2 aromatic carbocycles. The Balaban J connectivity index is 1.94. The summed E-state index contributed by atoms with van der Waals surface area (Å²) in [6.07, 6.45) is 0.651. The molecule has 0 unspecified atom stereocenters. The summed E-state index contributed by atoms with van der Waals surface area (Å²) in [5.41, 5.74) is 1.42. The van der Waals surface area contributed by atoms with Crippen molar-refractivity contribution in [1.82, 2.24) is 5.32 Å². The average molecular weight is 336 g/mol. The summed E-state index contributed by atoms with van der Waals surface area (Å²) < 4.78 is 10.4. The van der Waals surface area contributed by atoms with Gasteiger partial charge >= 0.3 is 0 Å². The summed E-state index contributed by atoms with van der Waals surface area (Å²) in [6.45, 7) is 0.465. The van der Waals surface area contributed by atoms with E-state index >= 15 is 0 Å². The number of hydrogen-bond donors (Lipinski definition) is 2. The van der Waals surface area contributed by atoms with Gasteiger partial charge in [-0.05, 0) is 42.3 Å². The fraction of sp³-hybridized carbons (Fsp3) is 0.235. The van der Waals surface area contributed by atoms with Crippen molar-refractivity contribution < 1.29 is 19.4 Å². The molecule has 0 aromatic heterocycles. The van der Waals surface area contributed by atoms with E-state index in [9.17, 15) is 9.90 Å². The zero-order valence-electron chi connectivity index (χ0n) is 12.9. The second-order valence-electron chi connectivity index (χ2n) is 4.86. The molecular formula is C17H18ClNO4. The maximum atomic E-state index is 12.0. The van der Waals surface area contributed by atoms with Gasteiger partial charge in [-0.25, -0.2) is 0 Å². The van der Waals surface area contributed by atoms with E-state index in [0.717, 1.165) is 5.56 Å². The molecule has 0 atom stereocenters. The molecule has 0 saturated carbocycles. The Bertz CT molecular complexity index is 703. The predicted molar refractivity (Wildman–Crippen MR) is 88.7 cm³/mol. The van der Waals surface area contributed by atoms with E-state index in [4.69, 9.17) is 21.1 Å². The van der Waals surface area contributed by atoms with Gasteiger partial charge in [-0.1, -0.05) is 17.7 Å². The smallest absolute Gasteiger partial charge is 0.251 e. The normalized spacial score (nSPS) is 10.2. The Hall–Kier alpha value is -2.40. The third kappa shape index (κ3) is 4.29. The molecule has 0 aliphatic heterocycles. The molecule has 0 radical (unpaired) electrons. The van der Waals surface area contributed by atoms with Crippen molar-refractivity contribution in [1.29, 1.82) is 0 Å². The van der Waals surface area contributed by atoms with Gasteiger partial charge in [0.1, 0.15) is 5.75 Å². The molecule has 0 aliphatic carbocycles. The number of phenols is 1. The zero-order valence-corrected chi connectivity index (χ0v) is 13.7. The van der Waals surface area contributed by atoms with E-state index in [0.29, 0.717) is 30.0 Å². The van der Waals surface area contributed by atoms with E-state index in [1.165, 1.54) is 18.2 Å². The maximum Gasteiger partial charge on any atom is 0.251 e. The second kappa shape index (κ2) is 7.74. The van der Waals surface area contributed by atoms with Gasteiger partial charge in [-0.2, -0.15) is 0 Å². The fourth-order valence-corrected chi connectivity index (χ4v) is 2.29. The predicted octanol–water partition coefficient (Wildman–Crippen LogP) is 3.04. The van der Waals surface area contributed by atoms with Crippen LogP contribution in [0.5, 0.6) is 17.2 Å². The first-order valence-corrected chi connectivity index (χ1v) is 7.40. The second-order valence-corrected chi connectivity index (χ2v) is 5.27. The van der Waals surface area contributed by atoms with Crippen LogP contribution in [0.3, 0.4) is 0 Å². The van der Waals surface area contributed by atoms with Gasteiger partial charge in [0.05, 0.1) is 19.2 Å². The number of nitrogens with one attached hydrogen (secondary N) is 1. The molecule has 122 valence electrons. The van der Waals surface area contributed by atoms with Crippen LogP contribution in [-0.4, -0.2) is 31.8 Å². The van der Waals surface area contributed by atoms with Crippen molar-refractivity contribution in [2.45, 2.75) is 6.42 Å². The van der Waals surface area contributed by atoms with Crippen molar-refractivity contribution in [2.75, 3.05) is 20.8 Å². The number of aromatic hydroxyl groups is 1. The number of rotatable bonds is 6. The molecular weight excluding hydrogens is 318 g/mol. The van der Waals surface area contributed by atoms with Crippen LogP contribution < -0.4 is 14.8 Å². The molecule has 2 rings (SSSR count). The minimum atomic E-state index is -0.243. The van der Waals surface area contributed by atoms with E-state index in [2.05, 4.69) is 5.32 Å².